The SMILES string of the molecule is CCC(C#N)C(=O)Nc1cccc(Cl)c1Cl. The molecule has 3 nitrogen and oxygen atoms in total. The van der Waals surface area contributed by atoms with Gasteiger partial charge in [0.05, 0.1) is 21.8 Å². The zero-order chi connectivity index (χ0) is 12.1. The lowest BCUT2D eigenvalue weighted by Gasteiger charge is -2.10. The number of carbonyl (C=O) groups excluding carboxylic acids is 1. The lowest BCUT2D eigenvalue weighted by Crippen LogP contribution is -2.21. The number of nitrogens with one attached hydrogen (secondary N) is 1. The number of rotatable bonds is 3. The van der Waals surface area contributed by atoms with Crippen LogP contribution in [0.3, 0.4) is 0 Å². The predicted octanol–water partition coefficient (Wildman–Crippen LogP) is 3.48. The van der Waals surface area contributed by atoms with Crippen LogP contribution in [-0.2, 0) is 4.79 Å². The van der Waals surface area contributed by atoms with Crippen molar-refractivity contribution < 1.29 is 4.79 Å². The number of anilines is 1. The molecule has 1 unspecified atom stereocenters. The summed E-state index contributed by atoms with van der Waals surface area (Å²) in [7, 11) is 0. The standard InChI is InChI=1S/C11H10Cl2N2O/c1-2-7(6-14)11(16)15-9-5-3-4-8(12)10(9)13/h3-5,7H,2H2,1H3,(H,15,16). The van der Waals surface area contributed by atoms with E-state index in [1.807, 2.05) is 6.07 Å². The van der Waals surface area contributed by atoms with E-state index in [1.165, 1.54) is 0 Å². The van der Waals surface area contributed by atoms with Gasteiger partial charge in [-0.3, -0.25) is 4.79 Å². The number of benzene rings is 1. The van der Waals surface area contributed by atoms with E-state index in [4.69, 9.17) is 28.5 Å². The van der Waals surface area contributed by atoms with Crippen molar-refractivity contribution in [2.24, 2.45) is 5.92 Å². The maximum absolute atomic E-state index is 11.6. The van der Waals surface area contributed by atoms with Crippen molar-refractivity contribution in [1.29, 1.82) is 5.26 Å². The minimum absolute atomic E-state index is 0.283. The Hall–Kier alpha value is -1.24. The second-order valence-electron chi connectivity index (χ2n) is 3.18. The summed E-state index contributed by atoms with van der Waals surface area (Å²) in [4.78, 5) is 11.6. The van der Waals surface area contributed by atoms with Crippen LogP contribution in [0.15, 0.2) is 18.2 Å². The first kappa shape index (κ1) is 12.8. The fourth-order valence-electron chi connectivity index (χ4n) is 1.16. The Bertz CT molecular complexity index is 440. The Balaban J connectivity index is 2.86. The molecule has 1 rings (SSSR count). The van der Waals surface area contributed by atoms with Crippen molar-refractivity contribution in [2.75, 3.05) is 5.32 Å². The van der Waals surface area contributed by atoms with Gasteiger partial charge < -0.3 is 5.32 Å². The highest BCUT2D eigenvalue weighted by atomic mass is 35.5. The molecule has 5 heteroatoms. The largest absolute Gasteiger partial charge is 0.324 e. The third kappa shape index (κ3) is 2.88. The van der Waals surface area contributed by atoms with Gasteiger partial charge in [-0.05, 0) is 18.6 Å². The van der Waals surface area contributed by atoms with E-state index in [-0.39, 0.29) is 10.9 Å². The van der Waals surface area contributed by atoms with Gasteiger partial charge in [-0.25, -0.2) is 0 Å². The molecular formula is C11H10Cl2N2O. The van der Waals surface area contributed by atoms with E-state index < -0.39 is 5.92 Å². The van der Waals surface area contributed by atoms with Gasteiger partial charge in [0.15, 0.2) is 0 Å². The molecular weight excluding hydrogens is 247 g/mol. The minimum atomic E-state index is -0.671. The number of carbonyl (C=O) groups is 1. The van der Waals surface area contributed by atoms with Crippen LogP contribution in [0.25, 0.3) is 0 Å². The monoisotopic (exact) mass is 256 g/mol. The van der Waals surface area contributed by atoms with E-state index >= 15 is 0 Å². The highest BCUT2D eigenvalue weighted by Crippen LogP contribution is 2.29. The van der Waals surface area contributed by atoms with Crippen LogP contribution in [0, 0.1) is 17.2 Å². The molecule has 1 aromatic carbocycles. The maximum Gasteiger partial charge on any atom is 0.241 e. The zero-order valence-corrected chi connectivity index (χ0v) is 10.1. The molecule has 0 heterocycles. The summed E-state index contributed by atoms with van der Waals surface area (Å²) in [6, 6.07) is 6.86. The van der Waals surface area contributed by atoms with Crippen LogP contribution in [0.2, 0.25) is 10.0 Å². The number of nitrogens with zero attached hydrogens (tertiary/aromatic N) is 1. The van der Waals surface area contributed by atoms with Gasteiger partial charge in [0.2, 0.25) is 5.91 Å². The van der Waals surface area contributed by atoms with Crippen LogP contribution >= 0.6 is 23.2 Å². The molecule has 0 saturated heterocycles. The molecule has 0 bridgehead atoms. The van der Waals surface area contributed by atoms with Gasteiger partial charge in [-0.2, -0.15) is 5.26 Å². The Labute approximate surface area is 104 Å². The molecule has 0 fully saturated rings. The Morgan fingerprint density at radius 3 is 2.81 bits per heavy atom. The van der Waals surface area contributed by atoms with E-state index in [2.05, 4.69) is 5.32 Å². The van der Waals surface area contributed by atoms with E-state index in [0.29, 0.717) is 17.1 Å². The van der Waals surface area contributed by atoms with Crippen LogP contribution in [0.5, 0.6) is 0 Å². The van der Waals surface area contributed by atoms with Crippen molar-refractivity contribution in [2.45, 2.75) is 13.3 Å². The molecule has 0 spiro atoms. The summed E-state index contributed by atoms with van der Waals surface area (Å²) in [5, 5.41) is 12.0. The molecule has 0 aliphatic carbocycles. The van der Waals surface area contributed by atoms with Crippen LogP contribution < -0.4 is 5.32 Å². The normalized spacial score (nSPS) is 11.6. The van der Waals surface area contributed by atoms with Gasteiger partial charge in [-0.1, -0.05) is 36.2 Å². The van der Waals surface area contributed by atoms with E-state index in [9.17, 15) is 4.79 Å². The summed E-state index contributed by atoms with van der Waals surface area (Å²) in [5.74, 6) is -1.04. The summed E-state index contributed by atoms with van der Waals surface area (Å²) < 4.78 is 0. The lowest BCUT2D eigenvalue weighted by molar-refractivity contribution is -0.118. The second kappa shape index (κ2) is 5.74. The highest BCUT2D eigenvalue weighted by Gasteiger charge is 2.16. The first-order valence-corrected chi connectivity index (χ1v) is 5.50. The molecule has 1 atom stereocenters. The topological polar surface area (TPSA) is 52.9 Å². The number of nitriles is 1. The summed E-state index contributed by atoms with van der Waals surface area (Å²) >= 11 is 11.7. The van der Waals surface area contributed by atoms with Gasteiger partial charge in [-0.15, -0.1) is 0 Å². The summed E-state index contributed by atoms with van der Waals surface area (Å²) in [6.07, 6.45) is 0.459. The summed E-state index contributed by atoms with van der Waals surface area (Å²) in [6.45, 7) is 1.77. The molecule has 0 radical (unpaired) electrons. The lowest BCUT2D eigenvalue weighted by atomic mass is 10.1. The average Bonchev–Trinajstić information content (AvgIpc) is 2.26. The molecule has 1 amide bonds. The smallest absolute Gasteiger partial charge is 0.241 e. The fourth-order valence-corrected chi connectivity index (χ4v) is 1.50. The molecule has 84 valence electrons. The summed E-state index contributed by atoms with van der Waals surface area (Å²) in [5.41, 5.74) is 0.424. The second-order valence-corrected chi connectivity index (χ2v) is 3.97. The maximum atomic E-state index is 11.6. The molecule has 0 aliphatic rings. The van der Waals surface area contributed by atoms with E-state index in [1.54, 1.807) is 25.1 Å². The van der Waals surface area contributed by atoms with Crippen LogP contribution in [0.4, 0.5) is 5.69 Å². The fraction of sp³-hybridized carbons (Fsp3) is 0.273. The van der Waals surface area contributed by atoms with Crippen molar-refractivity contribution in [1.82, 2.24) is 0 Å². The number of hydrogen-bond donors (Lipinski definition) is 1. The van der Waals surface area contributed by atoms with Gasteiger partial charge in [0.25, 0.3) is 0 Å². The molecule has 16 heavy (non-hydrogen) atoms. The van der Waals surface area contributed by atoms with Gasteiger partial charge in [0, 0.05) is 0 Å². The van der Waals surface area contributed by atoms with Gasteiger partial charge >= 0.3 is 0 Å². The zero-order valence-electron chi connectivity index (χ0n) is 8.63. The van der Waals surface area contributed by atoms with Crippen molar-refractivity contribution in [3.63, 3.8) is 0 Å². The van der Waals surface area contributed by atoms with Crippen molar-refractivity contribution >= 4 is 34.8 Å². The Kier molecular flexibility index (Phi) is 4.60. The van der Waals surface area contributed by atoms with Crippen molar-refractivity contribution in [3.8, 4) is 6.07 Å². The average molecular weight is 257 g/mol. The quantitative estimate of drug-likeness (QED) is 0.901. The number of halogens is 2. The molecule has 1 N–H and O–H groups in total. The first-order chi connectivity index (χ1) is 7.60. The van der Waals surface area contributed by atoms with Gasteiger partial charge in [0.1, 0.15) is 5.92 Å². The highest BCUT2D eigenvalue weighted by molar-refractivity contribution is 6.44. The molecule has 1 aromatic rings. The van der Waals surface area contributed by atoms with Crippen LogP contribution in [-0.4, -0.2) is 5.91 Å². The predicted molar refractivity (Wildman–Crippen MR) is 64.5 cm³/mol. The number of hydrogen-bond acceptors (Lipinski definition) is 2. The molecule has 0 saturated carbocycles. The minimum Gasteiger partial charge on any atom is -0.324 e. The third-order valence-corrected chi connectivity index (χ3v) is 2.91. The van der Waals surface area contributed by atoms with Crippen molar-refractivity contribution in [3.05, 3.63) is 28.2 Å². The van der Waals surface area contributed by atoms with Crippen LogP contribution in [0.1, 0.15) is 13.3 Å². The Morgan fingerprint density at radius 2 is 2.25 bits per heavy atom. The first-order valence-electron chi connectivity index (χ1n) is 4.74. The third-order valence-electron chi connectivity index (χ3n) is 2.09. The Morgan fingerprint density at radius 1 is 1.56 bits per heavy atom. The van der Waals surface area contributed by atoms with E-state index in [0.717, 1.165) is 0 Å². The molecule has 0 aromatic heterocycles. The molecule has 0 aliphatic heterocycles. The number of amides is 1.